The van der Waals surface area contributed by atoms with Gasteiger partial charge in [0, 0.05) is 61.4 Å². The van der Waals surface area contributed by atoms with Crippen molar-refractivity contribution in [1.82, 2.24) is 9.38 Å². The Morgan fingerprint density at radius 1 is 1.02 bits per heavy atom. The zero-order valence-electron chi connectivity index (χ0n) is 34.2. The number of aromatic nitrogens is 2. The fraction of sp³-hybridized carbons (Fsp3) is 0.442. The monoisotopic (exact) mass is 787 g/mol. The van der Waals surface area contributed by atoms with Crippen molar-refractivity contribution in [1.29, 1.82) is 0 Å². The predicted molar refractivity (Wildman–Crippen MR) is 215 cm³/mol. The molecule has 5 N–H and O–H groups in total. The van der Waals surface area contributed by atoms with Crippen LogP contribution in [-0.2, 0) is 23.8 Å². The summed E-state index contributed by atoms with van der Waals surface area (Å²) in [5, 5.41) is 46.9. The van der Waals surface area contributed by atoms with Crippen molar-refractivity contribution >= 4 is 50.8 Å². The molecular formula is C43H53N3O11. The molecule has 2 aromatic heterocycles. The maximum absolute atomic E-state index is 14.5. The molecule has 0 radical (unpaired) electrons. The number of aryl methyl sites for hydroxylation is 1. The van der Waals surface area contributed by atoms with Gasteiger partial charge in [-0.3, -0.25) is 18.8 Å². The van der Waals surface area contributed by atoms with E-state index in [2.05, 4.69) is 5.32 Å². The van der Waals surface area contributed by atoms with E-state index in [1.165, 1.54) is 34.1 Å². The van der Waals surface area contributed by atoms with E-state index in [0.29, 0.717) is 5.65 Å². The van der Waals surface area contributed by atoms with Gasteiger partial charge in [0.05, 0.1) is 35.5 Å². The number of carbonyl (C=O) groups is 3. The quantitative estimate of drug-likeness (QED) is 0.0304. The number of pyridine rings is 1. The molecule has 0 fully saturated rings. The lowest BCUT2D eigenvalue weighted by atomic mass is 9.90. The summed E-state index contributed by atoms with van der Waals surface area (Å²) in [6, 6.07) is 3.63. The van der Waals surface area contributed by atoms with Gasteiger partial charge in [-0.05, 0) is 58.4 Å². The molecule has 0 saturated carbocycles. The lowest BCUT2D eigenvalue weighted by Gasteiger charge is -2.26. The Morgan fingerprint density at radius 2 is 1.70 bits per heavy atom. The number of aliphatic hydroxyl groups is 2. The molecule has 8 atom stereocenters. The Bertz CT molecular complexity index is 2320. The third-order valence-electron chi connectivity index (χ3n) is 11.0. The van der Waals surface area contributed by atoms with Gasteiger partial charge in [0.2, 0.25) is 0 Å². The van der Waals surface area contributed by atoms with Gasteiger partial charge in [-0.1, -0.05) is 39.0 Å². The number of nitrogens with zero attached hydrogens (tertiary/aromatic N) is 2. The molecule has 0 spiro atoms. The molecule has 1 aliphatic heterocycles. The zero-order chi connectivity index (χ0) is 42.3. The van der Waals surface area contributed by atoms with Crippen molar-refractivity contribution in [3.8, 4) is 17.2 Å². The van der Waals surface area contributed by atoms with Gasteiger partial charge < -0.3 is 44.7 Å². The number of hydrogen-bond donors (Lipinski definition) is 5. The van der Waals surface area contributed by atoms with Crippen LogP contribution >= 0.6 is 0 Å². The molecule has 0 saturated heterocycles. The first-order valence-electron chi connectivity index (χ1n) is 18.9. The number of methoxy groups -OCH3 is 1. The number of nitrogens with one attached hydrogen (secondary N) is 1. The number of anilines is 1. The van der Waals surface area contributed by atoms with E-state index in [9.17, 15) is 34.8 Å². The SMILES string of the molecule is COC(/C=C/OC1(C)Oc2c(C)c(O)c3c(O)c(NC(=O)/C(C)=C\C=C\C(C)C(O)C(C)C(C)O)c4c(nc5cc(C)ccn54)c3c2C1=O)C(C)C(C)OC(C)=O. The molecule has 4 aromatic rings. The van der Waals surface area contributed by atoms with Crippen molar-refractivity contribution in [2.75, 3.05) is 12.4 Å². The number of carbonyl (C=O) groups excluding carboxylic acids is 3. The Morgan fingerprint density at radius 3 is 2.33 bits per heavy atom. The smallest absolute Gasteiger partial charge is 0.312 e. The molecule has 1 amide bonds. The Labute approximate surface area is 331 Å². The minimum absolute atomic E-state index is 0.0251. The number of phenolic OH excluding ortho intramolecular Hbond substituents is 2. The Balaban J connectivity index is 1.59. The lowest BCUT2D eigenvalue weighted by Crippen LogP contribution is -2.38. The summed E-state index contributed by atoms with van der Waals surface area (Å²) >= 11 is 0. The minimum atomic E-state index is -1.91. The summed E-state index contributed by atoms with van der Waals surface area (Å²) in [6.45, 7) is 16.5. The normalized spacial score (nSPS) is 19.7. The van der Waals surface area contributed by atoms with Crippen LogP contribution < -0.4 is 10.1 Å². The number of amides is 1. The zero-order valence-corrected chi connectivity index (χ0v) is 34.2. The number of phenols is 2. The van der Waals surface area contributed by atoms with Gasteiger partial charge in [-0.15, -0.1) is 0 Å². The number of imidazole rings is 1. The van der Waals surface area contributed by atoms with Gasteiger partial charge in [0.15, 0.2) is 5.75 Å². The molecule has 0 bridgehead atoms. The number of hydrogen-bond acceptors (Lipinski definition) is 12. The average molecular weight is 788 g/mol. The second kappa shape index (κ2) is 16.6. The highest BCUT2D eigenvalue weighted by Gasteiger charge is 2.49. The summed E-state index contributed by atoms with van der Waals surface area (Å²) in [7, 11) is 1.49. The summed E-state index contributed by atoms with van der Waals surface area (Å²) in [4.78, 5) is 44.5. The van der Waals surface area contributed by atoms with Gasteiger partial charge in [-0.25, -0.2) is 4.98 Å². The molecule has 306 valence electrons. The van der Waals surface area contributed by atoms with Crippen LogP contribution in [0.3, 0.4) is 0 Å². The number of ether oxygens (including phenoxy) is 4. The van der Waals surface area contributed by atoms with Crippen LogP contribution in [0, 0.1) is 31.6 Å². The number of aromatic hydroxyl groups is 2. The number of ketones is 1. The third-order valence-corrected chi connectivity index (χ3v) is 11.0. The van der Waals surface area contributed by atoms with Crippen molar-refractivity contribution in [2.45, 2.75) is 99.4 Å². The van der Waals surface area contributed by atoms with Gasteiger partial charge in [0.1, 0.15) is 40.0 Å². The van der Waals surface area contributed by atoms with Gasteiger partial charge in [-0.2, -0.15) is 0 Å². The van der Waals surface area contributed by atoms with Gasteiger partial charge >= 0.3 is 11.8 Å². The summed E-state index contributed by atoms with van der Waals surface area (Å²) in [6.07, 6.45) is 6.99. The molecule has 8 unspecified atom stereocenters. The first-order chi connectivity index (χ1) is 26.7. The average Bonchev–Trinajstić information content (AvgIpc) is 3.65. The van der Waals surface area contributed by atoms with Crippen molar-refractivity contribution < 1.29 is 53.8 Å². The number of rotatable bonds is 14. The van der Waals surface area contributed by atoms with E-state index in [-0.39, 0.29) is 73.4 Å². The van der Waals surface area contributed by atoms with Crippen molar-refractivity contribution in [2.24, 2.45) is 17.8 Å². The fourth-order valence-electron chi connectivity index (χ4n) is 7.00. The molecule has 2 aromatic carbocycles. The molecule has 14 heteroatoms. The van der Waals surface area contributed by atoms with Crippen LogP contribution in [0.5, 0.6) is 17.2 Å². The second-order valence-electron chi connectivity index (χ2n) is 15.2. The maximum atomic E-state index is 14.5. The predicted octanol–water partition coefficient (Wildman–Crippen LogP) is 6.55. The second-order valence-corrected chi connectivity index (χ2v) is 15.2. The minimum Gasteiger partial charge on any atom is -0.507 e. The highest BCUT2D eigenvalue weighted by Crippen LogP contribution is 2.54. The van der Waals surface area contributed by atoms with E-state index < -0.39 is 53.6 Å². The maximum Gasteiger partial charge on any atom is 0.312 e. The number of fused-ring (bicyclic) bond motifs is 7. The standard InChI is InChI=1S/C43H53N3O11/c1-20-15-17-46-30(19-20)44-34-31-32(39(51)35(36(34)46)45-42(53)22(3)14-12-13-21(2)37(49)23(4)26(7)47)38(50)25(6)40-33(31)41(52)43(10,57-40)55-18-16-29(54-11)24(5)27(8)56-28(9)48/h12-19,21,23-24,26-27,29,37,47,49-51H,1-11H3,(H,45,53)/b13-12+,18-16+,22-14-. The number of aliphatic hydroxyl groups excluding tert-OH is 2. The van der Waals surface area contributed by atoms with Crippen LogP contribution in [0.4, 0.5) is 5.69 Å². The summed E-state index contributed by atoms with van der Waals surface area (Å²) < 4.78 is 24.7. The van der Waals surface area contributed by atoms with Crippen molar-refractivity contribution in [3.05, 3.63) is 71.2 Å². The highest BCUT2D eigenvalue weighted by atomic mass is 16.7. The van der Waals surface area contributed by atoms with Crippen LogP contribution in [0.25, 0.3) is 27.5 Å². The topological polar surface area (TPSA) is 198 Å². The van der Waals surface area contributed by atoms with E-state index in [0.717, 1.165) is 5.56 Å². The molecule has 57 heavy (non-hydrogen) atoms. The summed E-state index contributed by atoms with van der Waals surface area (Å²) in [5.74, 6) is -5.31. The van der Waals surface area contributed by atoms with Crippen molar-refractivity contribution in [3.63, 3.8) is 0 Å². The summed E-state index contributed by atoms with van der Waals surface area (Å²) in [5.41, 5.74) is 2.19. The molecule has 1 aliphatic rings. The van der Waals surface area contributed by atoms with Crippen LogP contribution in [-0.4, -0.2) is 84.8 Å². The fourth-order valence-corrected chi connectivity index (χ4v) is 7.00. The van der Waals surface area contributed by atoms with E-state index in [1.54, 1.807) is 75.6 Å². The van der Waals surface area contributed by atoms with Gasteiger partial charge in [0.25, 0.3) is 11.7 Å². The van der Waals surface area contributed by atoms with Crippen LogP contribution in [0.15, 0.2) is 54.5 Å². The Hall–Kier alpha value is -5.44. The molecule has 3 heterocycles. The largest absolute Gasteiger partial charge is 0.507 e. The Kier molecular flexibility index (Phi) is 12.4. The highest BCUT2D eigenvalue weighted by molar-refractivity contribution is 6.28. The van der Waals surface area contributed by atoms with E-state index >= 15 is 0 Å². The van der Waals surface area contributed by atoms with E-state index in [1.807, 2.05) is 19.9 Å². The number of Topliss-reactive ketones (excluding diaryl/α,β-unsaturated/α-hetero) is 1. The van der Waals surface area contributed by atoms with Crippen LogP contribution in [0.1, 0.15) is 76.9 Å². The lowest BCUT2D eigenvalue weighted by molar-refractivity contribution is -0.149. The number of benzene rings is 2. The number of allylic oxidation sites excluding steroid dienone is 2. The third kappa shape index (κ3) is 8.07. The first-order valence-corrected chi connectivity index (χ1v) is 18.9. The van der Waals surface area contributed by atoms with Crippen LogP contribution in [0.2, 0.25) is 0 Å². The first kappa shape index (κ1) is 42.7. The molecule has 5 rings (SSSR count). The van der Waals surface area contributed by atoms with E-state index in [4.69, 9.17) is 23.9 Å². The number of esters is 1. The molecular weight excluding hydrogens is 734 g/mol. The molecule has 14 nitrogen and oxygen atoms in total. The molecule has 0 aliphatic carbocycles.